The number of rotatable bonds is 3. The van der Waals surface area contributed by atoms with Crippen LogP contribution in [0.25, 0.3) is 27.4 Å². The molecule has 0 saturated heterocycles. The Bertz CT molecular complexity index is 905. The van der Waals surface area contributed by atoms with Gasteiger partial charge in [0.05, 0.1) is 12.2 Å². The molecule has 0 unspecified atom stereocenters. The van der Waals surface area contributed by atoms with Crippen molar-refractivity contribution in [3.63, 3.8) is 0 Å². The SMILES string of the molecule is C=C1CCc2c1ccc1c2c2c(F)cccc2n1CCCF. The molecule has 0 spiro atoms. The number of aryl methyl sites for hydroxylation is 2. The molecule has 1 aromatic heterocycles. The summed E-state index contributed by atoms with van der Waals surface area (Å²) in [5, 5.41) is 1.66. The normalized spacial score (nSPS) is 14.2. The number of hydrogen-bond acceptors (Lipinski definition) is 0. The quantitative estimate of drug-likeness (QED) is 0.622. The molecule has 0 aliphatic heterocycles. The number of hydrogen-bond donors (Lipinski definition) is 0. The zero-order valence-electron chi connectivity index (χ0n) is 12.3. The fraction of sp³-hybridized carbons (Fsp3) is 0.263. The Hall–Kier alpha value is -2.16. The molecule has 0 amide bonds. The molecule has 1 nitrogen and oxygen atoms in total. The lowest BCUT2D eigenvalue weighted by atomic mass is 10.0. The minimum Gasteiger partial charge on any atom is -0.340 e. The highest BCUT2D eigenvalue weighted by atomic mass is 19.1. The van der Waals surface area contributed by atoms with Gasteiger partial charge in [-0.25, -0.2) is 4.39 Å². The summed E-state index contributed by atoms with van der Waals surface area (Å²) in [7, 11) is 0. The minimum absolute atomic E-state index is 0.201. The summed E-state index contributed by atoms with van der Waals surface area (Å²) >= 11 is 0. The van der Waals surface area contributed by atoms with Crippen LogP contribution in [0.2, 0.25) is 0 Å². The smallest absolute Gasteiger partial charge is 0.133 e. The van der Waals surface area contributed by atoms with E-state index in [1.54, 1.807) is 6.07 Å². The van der Waals surface area contributed by atoms with Crippen molar-refractivity contribution in [1.29, 1.82) is 0 Å². The van der Waals surface area contributed by atoms with E-state index in [0.29, 0.717) is 18.4 Å². The van der Waals surface area contributed by atoms with Crippen LogP contribution in [-0.4, -0.2) is 11.2 Å². The van der Waals surface area contributed by atoms with E-state index in [0.717, 1.165) is 40.4 Å². The molecule has 0 N–H and O–H groups in total. The van der Waals surface area contributed by atoms with Gasteiger partial charge in [0, 0.05) is 22.8 Å². The molecule has 4 rings (SSSR count). The Balaban J connectivity index is 2.14. The zero-order valence-corrected chi connectivity index (χ0v) is 12.3. The third kappa shape index (κ3) is 1.75. The average molecular weight is 297 g/mol. The molecule has 3 heteroatoms. The number of nitrogens with zero attached hydrogens (tertiary/aromatic N) is 1. The fourth-order valence-corrected chi connectivity index (χ4v) is 3.71. The van der Waals surface area contributed by atoms with Crippen LogP contribution in [0.5, 0.6) is 0 Å². The first-order valence-electron chi connectivity index (χ1n) is 7.69. The van der Waals surface area contributed by atoms with Gasteiger partial charge in [-0.05, 0) is 54.2 Å². The molecule has 112 valence electrons. The summed E-state index contributed by atoms with van der Waals surface area (Å²) in [6.07, 6.45) is 2.28. The van der Waals surface area contributed by atoms with Gasteiger partial charge >= 0.3 is 0 Å². The van der Waals surface area contributed by atoms with Crippen LogP contribution in [0, 0.1) is 5.82 Å². The topological polar surface area (TPSA) is 4.93 Å². The maximum absolute atomic E-state index is 14.5. The van der Waals surface area contributed by atoms with Crippen LogP contribution in [0.1, 0.15) is 24.0 Å². The predicted molar refractivity (Wildman–Crippen MR) is 87.3 cm³/mol. The van der Waals surface area contributed by atoms with Crippen molar-refractivity contribution >= 4 is 27.4 Å². The summed E-state index contributed by atoms with van der Waals surface area (Å²) in [5.74, 6) is -0.201. The Morgan fingerprint density at radius 2 is 1.86 bits per heavy atom. The molecule has 1 heterocycles. The van der Waals surface area contributed by atoms with Crippen LogP contribution in [0.4, 0.5) is 8.78 Å². The van der Waals surface area contributed by atoms with E-state index < -0.39 is 0 Å². The molecule has 3 aromatic rings. The number of allylic oxidation sites excluding steroid dienone is 1. The molecular formula is C19H17F2N. The van der Waals surface area contributed by atoms with E-state index >= 15 is 0 Å². The Labute approximate surface area is 127 Å². The van der Waals surface area contributed by atoms with Crippen molar-refractivity contribution < 1.29 is 8.78 Å². The Morgan fingerprint density at radius 3 is 2.68 bits per heavy atom. The molecule has 0 radical (unpaired) electrons. The third-order valence-corrected chi connectivity index (χ3v) is 4.69. The van der Waals surface area contributed by atoms with Crippen LogP contribution < -0.4 is 0 Å². The van der Waals surface area contributed by atoms with Crippen LogP contribution in [0.15, 0.2) is 36.9 Å². The number of alkyl halides is 1. The highest BCUT2D eigenvalue weighted by Gasteiger charge is 2.23. The van der Waals surface area contributed by atoms with Crippen molar-refractivity contribution in [1.82, 2.24) is 4.57 Å². The van der Waals surface area contributed by atoms with Gasteiger partial charge in [-0.15, -0.1) is 0 Å². The maximum Gasteiger partial charge on any atom is 0.133 e. The molecule has 0 fully saturated rings. The lowest BCUT2D eigenvalue weighted by molar-refractivity contribution is 0.452. The monoisotopic (exact) mass is 297 g/mol. The van der Waals surface area contributed by atoms with Crippen molar-refractivity contribution in [2.45, 2.75) is 25.8 Å². The van der Waals surface area contributed by atoms with E-state index in [-0.39, 0.29) is 12.5 Å². The minimum atomic E-state index is -0.363. The first-order chi connectivity index (χ1) is 10.7. The van der Waals surface area contributed by atoms with Crippen LogP contribution >= 0.6 is 0 Å². The number of aromatic nitrogens is 1. The zero-order chi connectivity index (χ0) is 15.3. The van der Waals surface area contributed by atoms with Crippen molar-refractivity contribution in [2.24, 2.45) is 0 Å². The van der Waals surface area contributed by atoms with E-state index in [9.17, 15) is 8.78 Å². The maximum atomic E-state index is 14.5. The first kappa shape index (κ1) is 13.5. The molecule has 0 bridgehead atoms. The fourth-order valence-electron chi connectivity index (χ4n) is 3.71. The molecule has 1 aliphatic carbocycles. The van der Waals surface area contributed by atoms with E-state index in [1.807, 2.05) is 12.1 Å². The van der Waals surface area contributed by atoms with Gasteiger partial charge in [0.1, 0.15) is 5.82 Å². The second-order valence-corrected chi connectivity index (χ2v) is 5.92. The van der Waals surface area contributed by atoms with E-state index in [4.69, 9.17) is 0 Å². The van der Waals surface area contributed by atoms with Crippen molar-refractivity contribution in [2.75, 3.05) is 6.67 Å². The van der Waals surface area contributed by atoms with Crippen molar-refractivity contribution in [3.05, 3.63) is 53.9 Å². The van der Waals surface area contributed by atoms with Crippen LogP contribution in [0.3, 0.4) is 0 Å². The summed E-state index contributed by atoms with van der Waals surface area (Å²) in [5.41, 5.74) is 5.33. The Morgan fingerprint density at radius 1 is 1.05 bits per heavy atom. The van der Waals surface area contributed by atoms with Crippen LogP contribution in [-0.2, 0) is 13.0 Å². The highest BCUT2D eigenvalue weighted by Crippen LogP contribution is 2.41. The average Bonchev–Trinajstić information content (AvgIpc) is 3.04. The highest BCUT2D eigenvalue weighted by molar-refractivity contribution is 6.11. The van der Waals surface area contributed by atoms with Gasteiger partial charge in [0.25, 0.3) is 0 Å². The summed E-state index contributed by atoms with van der Waals surface area (Å²) in [4.78, 5) is 0. The van der Waals surface area contributed by atoms with E-state index in [2.05, 4.69) is 17.2 Å². The lowest BCUT2D eigenvalue weighted by Gasteiger charge is -2.07. The van der Waals surface area contributed by atoms with E-state index in [1.165, 1.54) is 11.6 Å². The molecule has 1 aliphatic rings. The summed E-state index contributed by atoms with van der Waals surface area (Å²) in [6, 6.07) is 9.26. The molecule has 2 aromatic carbocycles. The van der Waals surface area contributed by atoms with Gasteiger partial charge in [-0.2, -0.15) is 0 Å². The second kappa shape index (κ2) is 4.94. The van der Waals surface area contributed by atoms with Crippen molar-refractivity contribution in [3.8, 4) is 0 Å². The van der Waals surface area contributed by atoms with Gasteiger partial charge in [-0.3, -0.25) is 4.39 Å². The first-order valence-corrected chi connectivity index (χ1v) is 7.69. The number of fused-ring (bicyclic) bond motifs is 5. The molecular weight excluding hydrogens is 280 g/mol. The third-order valence-electron chi connectivity index (χ3n) is 4.69. The number of halogens is 2. The molecule has 0 atom stereocenters. The predicted octanol–water partition coefficient (Wildman–Crippen LogP) is 5.25. The lowest BCUT2D eigenvalue weighted by Crippen LogP contribution is -1.98. The molecule has 22 heavy (non-hydrogen) atoms. The van der Waals surface area contributed by atoms with Gasteiger partial charge in [0.15, 0.2) is 0 Å². The Kier molecular flexibility index (Phi) is 3.03. The van der Waals surface area contributed by atoms with Gasteiger partial charge < -0.3 is 4.57 Å². The second-order valence-electron chi connectivity index (χ2n) is 5.92. The largest absolute Gasteiger partial charge is 0.340 e. The summed E-state index contributed by atoms with van der Waals surface area (Å²) < 4.78 is 29.2. The summed E-state index contributed by atoms with van der Waals surface area (Å²) in [6.45, 7) is 4.32. The molecule has 0 saturated carbocycles. The standard InChI is InChI=1S/C19H17F2N/c1-12-6-7-14-13(12)8-9-17-18(14)19-15(21)4-2-5-16(19)22(17)11-3-10-20/h2,4-5,8-9H,1,3,6-7,10-11H2. The number of benzene rings is 2. The van der Waals surface area contributed by atoms with Gasteiger partial charge in [-0.1, -0.05) is 18.7 Å². The van der Waals surface area contributed by atoms with Gasteiger partial charge in [0.2, 0.25) is 0 Å².